The third-order valence-electron chi connectivity index (χ3n) is 2.96. The molecule has 0 aliphatic carbocycles. The molecule has 0 atom stereocenters. The molecule has 2 nitrogen and oxygen atoms in total. The zero-order chi connectivity index (χ0) is 11.5. The van der Waals surface area contributed by atoms with Crippen LogP contribution in [0.4, 0.5) is 0 Å². The van der Waals surface area contributed by atoms with Crippen LogP contribution in [0.1, 0.15) is 40.9 Å². The summed E-state index contributed by atoms with van der Waals surface area (Å²) in [6.45, 7) is 3.88. The highest BCUT2D eigenvalue weighted by Crippen LogP contribution is 2.28. The number of amides is 1. The number of carbonyl (C=O) groups is 1. The van der Waals surface area contributed by atoms with Crippen molar-refractivity contribution in [3.05, 3.63) is 20.3 Å². The molecule has 1 aliphatic heterocycles. The van der Waals surface area contributed by atoms with Gasteiger partial charge in [-0.25, -0.2) is 0 Å². The van der Waals surface area contributed by atoms with E-state index in [0.29, 0.717) is 0 Å². The molecule has 1 aromatic rings. The van der Waals surface area contributed by atoms with E-state index >= 15 is 0 Å². The number of aryl methyl sites for hydroxylation is 1. The minimum Gasteiger partial charge on any atom is -0.338 e. The molecular weight excluding hydrogens is 286 g/mol. The summed E-state index contributed by atoms with van der Waals surface area (Å²) in [4.78, 5) is 15.1. The zero-order valence-electron chi connectivity index (χ0n) is 9.46. The first-order valence-corrected chi connectivity index (χ1v) is 7.34. The molecule has 0 saturated carbocycles. The number of hydrogen-bond acceptors (Lipinski definition) is 2. The molecule has 0 unspecified atom stereocenters. The molecule has 0 aromatic carbocycles. The SMILES string of the molecule is Cc1cc(C(=O)N2CCCCCC2)sc1Br. The van der Waals surface area contributed by atoms with Gasteiger partial charge in [-0.05, 0) is 47.3 Å². The average molecular weight is 302 g/mol. The lowest BCUT2D eigenvalue weighted by Crippen LogP contribution is -2.31. The van der Waals surface area contributed by atoms with Crippen molar-refractivity contribution in [1.82, 2.24) is 4.90 Å². The van der Waals surface area contributed by atoms with Gasteiger partial charge in [-0.2, -0.15) is 0 Å². The lowest BCUT2D eigenvalue weighted by atomic mass is 10.2. The Morgan fingerprint density at radius 1 is 1.31 bits per heavy atom. The summed E-state index contributed by atoms with van der Waals surface area (Å²) < 4.78 is 1.07. The average Bonchev–Trinajstić information content (AvgIpc) is 2.51. The highest BCUT2D eigenvalue weighted by Gasteiger charge is 2.19. The van der Waals surface area contributed by atoms with E-state index < -0.39 is 0 Å². The smallest absolute Gasteiger partial charge is 0.263 e. The van der Waals surface area contributed by atoms with Crippen LogP contribution in [-0.2, 0) is 0 Å². The van der Waals surface area contributed by atoms with Crippen LogP contribution >= 0.6 is 27.3 Å². The van der Waals surface area contributed by atoms with Crippen LogP contribution in [0.5, 0.6) is 0 Å². The quantitative estimate of drug-likeness (QED) is 0.772. The van der Waals surface area contributed by atoms with Crippen molar-refractivity contribution in [3.8, 4) is 0 Å². The Hall–Kier alpha value is -0.350. The van der Waals surface area contributed by atoms with Crippen molar-refractivity contribution < 1.29 is 4.79 Å². The Labute approximate surface area is 109 Å². The first-order chi connectivity index (χ1) is 7.68. The van der Waals surface area contributed by atoms with Crippen LogP contribution in [0.15, 0.2) is 9.85 Å². The van der Waals surface area contributed by atoms with Crippen molar-refractivity contribution in [1.29, 1.82) is 0 Å². The fraction of sp³-hybridized carbons (Fsp3) is 0.583. The number of carbonyl (C=O) groups excluding carboxylic acids is 1. The Balaban J connectivity index is 2.11. The minimum atomic E-state index is 0.209. The van der Waals surface area contributed by atoms with Crippen LogP contribution in [0.3, 0.4) is 0 Å². The Morgan fingerprint density at radius 2 is 1.94 bits per heavy atom. The predicted octanol–water partition coefficient (Wildman–Crippen LogP) is 3.84. The molecular formula is C12H16BrNOS. The van der Waals surface area contributed by atoms with Gasteiger partial charge in [0.15, 0.2) is 0 Å². The van der Waals surface area contributed by atoms with Crippen molar-refractivity contribution in [3.63, 3.8) is 0 Å². The summed E-state index contributed by atoms with van der Waals surface area (Å²) in [5.74, 6) is 0.209. The fourth-order valence-corrected chi connectivity index (χ4v) is 3.50. The molecule has 1 amide bonds. The van der Waals surface area contributed by atoms with E-state index in [-0.39, 0.29) is 5.91 Å². The van der Waals surface area contributed by atoms with E-state index in [4.69, 9.17) is 0 Å². The summed E-state index contributed by atoms with van der Waals surface area (Å²) in [7, 11) is 0. The first kappa shape index (κ1) is 12.1. The normalized spacial score (nSPS) is 17.2. The maximum absolute atomic E-state index is 12.2. The maximum atomic E-state index is 12.2. The monoisotopic (exact) mass is 301 g/mol. The molecule has 2 rings (SSSR count). The molecule has 1 aromatic heterocycles. The number of rotatable bonds is 1. The number of thiophene rings is 1. The lowest BCUT2D eigenvalue weighted by molar-refractivity contribution is 0.0766. The van der Waals surface area contributed by atoms with E-state index in [1.54, 1.807) is 11.3 Å². The van der Waals surface area contributed by atoms with Crippen molar-refractivity contribution in [2.45, 2.75) is 32.6 Å². The summed E-state index contributed by atoms with van der Waals surface area (Å²) in [5, 5.41) is 0. The minimum absolute atomic E-state index is 0.209. The van der Waals surface area contributed by atoms with Gasteiger partial charge in [0.25, 0.3) is 5.91 Å². The molecule has 0 radical (unpaired) electrons. The molecule has 88 valence electrons. The second kappa shape index (κ2) is 5.32. The standard InChI is InChI=1S/C12H16BrNOS/c1-9-8-10(16-11(9)13)12(15)14-6-4-2-3-5-7-14/h8H,2-7H2,1H3. The maximum Gasteiger partial charge on any atom is 0.263 e. The largest absolute Gasteiger partial charge is 0.338 e. The highest BCUT2D eigenvalue weighted by atomic mass is 79.9. The fourth-order valence-electron chi connectivity index (χ4n) is 1.99. The Kier molecular flexibility index (Phi) is 4.03. The third kappa shape index (κ3) is 2.66. The summed E-state index contributed by atoms with van der Waals surface area (Å²) >= 11 is 5.02. The van der Waals surface area contributed by atoms with Gasteiger partial charge in [-0.3, -0.25) is 4.79 Å². The van der Waals surface area contributed by atoms with Gasteiger partial charge in [0.1, 0.15) is 0 Å². The van der Waals surface area contributed by atoms with Crippen LogP contribution in [-0.4, -0.2) is 23.9 Å². The van der Waals surface area contributed by atoms with Crippen molar-refractivity contribution in [2.24, 2.45) is 0 Å². The van der Waals surface area contributed by atoms with E-state index in [2.05, 4.69) is 15.9 Å². The number of nitrogens with zero attached hydrogens (tertiary/aromatic N) is 1. The summed E-state index contributed by atoms with van der Waals surface area (Å²) in [6.07, 6.45) is 4.82. The zero-order valence-corrected chi connectivity index (χ0v) is 11.9. The molecule has 4 heteroatoms. The van der Waals surface area contributed by atoms with E-state index in [1.165, 1.54) is 12.8 Å². The van der Waals surface area contributed by atoms with Crippen molar-refractivity contribution >= 4 is 33.2 Å². The number of likely N-dealkylation sites (tertiary alicyclic amines) is 1. The molecule has 1 aliphatic rings. The molecule has 1 fully saturated rings. The first-order valence-electron chi connectivity index (χ1n) is 5.73. The van der Waals surface area contributed by atoms with Gasteiger partial charge in [0.2, 0.25) is 0 Å². The molecule has 2 heterocycles. The topological polar surface area (TPSA) is 20.3 Å². The van der Waals surface area contributed by atoms with Gasteiger partial charge >= 0.3 is 0 Å². The van der Waals surface area contributed by atoms with Crippen LogP contribution < -0.4 is 0 Å². The lowest BCUT2D eigenvalue weighted by Gasteiger charge is -2.19. The van der Waals surface area contributed by atoms with Crippen molar-refractivity contribution in [2.75, 3.05) is 13.1 Å². The van der Waals surface area contributed by atoms with E-state index in [1.807, 2.05) is 17.9 Å². The molecule has 1 saturated heterocycles. The summed E-state index contributed by atoms with van der Waals surface area (Å²) in [5.41, 5.74) is 1.16. The van der Waals surface area contributed by atoms with Gasteiger partial charge in [-0.1, -0.05) is 12.8 Å². The van der Waals surface area contributed by atoms with Crippen LogP contribution in [0.2, 0.25) is 0 Å². The summed E-state index contributed by atoms with van der Waals surface area (Å²) in [6, 6.07) is 1.99. The molecule has 0 bridgehead atoms. The number of halogens is 1. The highest BCUT2D eigenvalue weighted by molar-refractivity contribution is 9.11. The van der Waals surface area contributed by atoms with Gasteiger partial charge in [-0.15, -0.1) is 11.3 Å². The van der Waals surface area contributed by atoms with Crippen LogP contribution in [0.25, 0.3) is 0 Å². The number of hydrogen-bond donors (Lipinski definition) is 0. The molecule has 16 heavy (non-hydrogen) atoms. The second-order valence-corrected chi connectivity index (χ2v) is 6.64. The van der Waals surface area contributed by atoms with Gasteiger partial charge < -0.3 is 4.90 Å². The van der Waals surface area contributed by atoms with E-state index in [0.717, 1.165) is 40.2 Å². The Bertz CT molecular complexity index is 361. The molecule has 0 spiro atoms. The second-order valence-electron chi connectivity index (χ2n) is 4.27. The van der Waals surface area contributed by atoms with Gasteiger partial charge in [0, 0.05) is 13.1 Å². The van der Waals surface area contributed by atoms with E-state index in [9.17, 15) is 4.79 Å². The predicted molar refractivity (Wildman–Crippen MR) is 71.1 cm³/mol. The van der Waals surface area contributed by atoms with Crippen LogP contribution in [0, 0.1) is 6.92 Å². The molecule has 0 N–H and O–H groups in total. The third-order valence-corrected chi connectivity index (χ3v) is 5.09. The van der Waals surface area contributed by atoms with Gasteiger partial charge in [0.05, 0.1) is 8.66 Å². The Morgan fingerprint density at radius 3 is 2.44 bits per heavy atom.